The van der Waals surface area contributed by atoms with Crippen molar-refractivity contribution in [1.82, 2.24) is 0 Å². The van der Waals surface area contributed by atoms with E-state index < -0.39 is 0 Å². The maximum absolute atomic E-state index is 0. The molecule has 0 amide bonds. The van der Waals surface area contributed by atoms with E-state index in [0.29, 0.717) is 0 Å². The Hall–Kier alpha value is 1.76. The van der Waals surface area contributed by atoms with Gasteiger partial charge in [-0.15, -0.1) is 0 Å². The smallest absolute Gasteiger partial charge is 0 e. The second-order valence-electron chi connectivity index (χ2n) is 0. The van der Waals surface area contributed by atoms with Gasteiger partial charge in [-0.2, -0.15) is 0 Å². The Kier molecular flexibility index (Phi) is 228. The molecule has 0 saturated heterocycles. The molecule has 0 unspecified atom stereocenters. The van der Waals surface area contributed by atoms with E-state index in [2.05, 4.69) is 0 Å². The minimum atomic E-state index is 0. The molecular weight excluding hydrogens is 144 g/mol. The van der Waals surface area contributed by atoms with Gasteiger partial charge < -0.3 is 40.5 Å². The van der Waals surface area contributed by atoms with Crippen LogP contribution in [0.2, 0.25) is 0 Å². The van der Waals surface area contributed by atoms with Crippen molar-refractivity contribution in [3.8, 4) is 0 Å². The van der Waals surface area contributed by atoms with Crippen LogP contribution in [-0.4, -0.2) is 0 Å². The van der Waals surface area contributed by atoms with Gasteiger partial charge in [-0.25, -0.2) is 0 Å². The van der Waals surface area contributed by atoms with Gasteiger partial charge in [-0.1, -0.05) is 0 Å². The summed E-state index contributed by atoms with van der Waals surface area (Å²) >= 11 is 0. The van der Waals surface area contributed by atoms with E-state index in [9.17, 15) is 0 Å². The summed E-state index contributed by atoms with van der Waals surface area (Å²) < 4.78 is 0. The van der Waals surface area contributed by atoms with Gasteiger partial charge >= 0.3 is 0 Å². The predicted octanol–water partition coefficient (Wildman–Crippen LogP) is -0.00970. The Morgan fingerprint density at radius 3 is 0.500 bits per heavy atom. The molecule has 0 fully saturated rings. The van der Waals surface area contributed by atoms with Gasteiger partial charge in [-0.05, 0) is 0 Å². The third-order valence-electron chi connectivity index (χ3n) is 0. The van der Waals surface area contributed by atoms with Crippen LogP contribution in [0, 0.1) is 0 Å². The van der Waals surface area contributed by atoms with Crippen molar-refractivity contribution in [1.29, 1.82) is 0 Å². The van der Waals surface area contributed by atoms with Crippen molar-refractivity contribution in [2.75, 3.05) is 0 Å². The van der Waals surface area contributed by atoms with Crippen LogP contribution in [0.1, 0.15) is 0 Å². The van der Waals surface area contributed by atoms with E-state index in [1.54, 1.807) is 0 Å². The molecule has 0 rings (SSSR count). The largest absolute Gasteiger partial charge is 2.00 e. The van der Waals surface area contributed by atoms with Gasteiger partial charge in [0.05, 0.1) is 0 Å². The monoisotopic (exact) mass is 144 g/mol. The van der Waals surface area contributed by atoms with E-state index in [0.717, 1.165) is 0 Å². The van der Waals surface area contributed by atoms with Crippen molar-refractivity contribution < 1.29 is 21.7 Å². The number of hydrogen-bond acceptors (Lipinski definition) is 0. The SMILES string of the molecule is [S-2].[S-2].[S-2].[Ti]. The summed E-state index contributed by atoms with van der Waals surface area (Å²) in [7, 11) is 0. The molecule has 0 saturated carbocycles. The molecule has 0 nitrogen and oxygen atoms in total. The zero-order valence-corrected chi connectivity index (χ0v) is 5.74. The van der Waals surface area contributed by atoms with Gasteiger partial charge in [0.2, 0.25) is 0 Å². The van der Waals surface area contributed by atoms with Crippen molar-refractivity contribution in [2.24, 2.45) is 0 Å². The molecule has 0 N–H and O–H groups in total. The van der Waals surface area contributed by atoms with Gasteiger partial charge in [0, 0.05) is 21.7 Å². The predicted molar refractivity (Wildman–Crippen MR) is 22.1 cm³/mol. The maximum Gasteiger partial charge on any atom is 0 e. The molecule has 0 aliphatic carbocycles. The zero-order chi connectivity index (χ0) is 0. The average molecular weight is 144 g/mol. The fourth-order valence-corrected chi connectivity index (χ4v) is 0. The molecule has 0 aliphatic rings. The third-order valence-corrected chi connectivity index (χ3v) is 0. The van der Waals surface area contributed by atoms with Gasteiger partial charge in [0.1, 0.15) is 0 Å². The molecular formula is S3Ti-6. The van der Waals surface area contributed by atoms with Gasteiger partial charge in [0.15, 0.2) is 0 Å². The second kappa shape index (κ2) is 21.7. The molecule has 28 valence electrons. The summed E-state index contributed by atoms with van der Waals surface area (Å²) in [6, 6.07) is 0. The summed E-state index contributed by atoms with van der Waals surface area (Å²) in [6.07, 6.45) is 0. The minimum absolute atomic E-state index is 0. The van der Waals surface area contributed by atoms with E-state index in [-0.39, 0.29) is 62.2 Å². The maximum atomic E-state index is 0. The van der Waals surface area contributed by atoms with Crippen LogP contribution in [0.15, 0.2) is 0 Å². The van der Waals surface area contributed by atoms with Crippen LogP contribution in [0.5, 0.6) is 0 Å². The first-order valence-corrected chi connectivity index (χ1v) is 0. The van der Waals surface area contributed by atoms with Crippen LogP contribution >= 0.6 is 0 Å². The van der Waals surface area contributed by atoms with Crippen LogP contribution < -0.4 is 0 Å². The summed E-state index contributed by atoms with van der Waals surface area (Å²) in [4.78, 5) is 0. The molecule has 4 heavy (non-hydrogen) atoms. The van der Waals surface area contributed by atoms with Gasteiger partial charge in [0.25, 0.3) is 0 Å². The average Bonchev–Trinajstić information content (AvgIpc) is 0. The number of rotatable bonds is 0. The van der Waals surface area contributed by atoms with E-state index in [4.69, 9.17) is 0 Å². The van der Waals surface area contributed by atoms with E-state index in [1.807, 2.05) is 0 Å². The Balaban J connectivity index is 0. The molecule has 0 atom stereocenters. The Morgan fingerprint density at radius 1 is 0.500 bits per heavy atom. The molecule has 0 aromatic heterocycles. The van der Waals surface area contributed by atoms with Crippen LogP contribution in [0.25, 0.3) is 0 Å². The first-order chi connectivity index (χ1) is 0. The molecule has 4 heteroatoms. The van der Waals surface area contributed by atoms with Crippen LogP contribution in [0.4, 0.5) is 0 Å². The summed E-state index contributed by atoms with van der Waals surface area (Å²) in [5.41, 5.74) is 0. The molecule has 0 spiro atoms. The van der Waals surface area contributed by atoms with Crippen molar-refractivity contribution in [3.05, 3.63) is 0 Å². The summed E-state index contributed by atoms with van der Waals surface area (Å²) in [5.74, 6) is 0. The van der Waals surface area contributed by atoms with Crippen molar-refractivity contribution in [2.45, 2.75) is 0 Å². The van der Waals surface area contributed by atoms with E-state index in [1.165, 1.54) is 0 Å². The standard InChI is InChI=1S/3S.Ti/q3*-2;. The van der Waals surface area contributed by atoms with Crippen molar-refractivity contribution in [3.63, 3.8) is 0 Å². The molecule has 0 aromatic rings. The first-order valence-electron chi connectivity index (χ1n) is 0. The van der Waals surface area contributed by atoms with Crippen LogP contribution in [0.3, 0.4) is 0 Å². The Labute approximate surface area is 62.0 Å². The third kappa shape index (κ3) is 9.24. The molecule has 0 radical (unpaired) electrons. The quantitative estimate of drug-likeness (QED) is 0.419. The summed E-state index contributed by atoms with van der Waals surface area (Å²) in [5, 5.41) is 0. The minimum Gasteiger partial charge on any atom is -2.00 e. The summed E-state index contributed by atoms with van der Waals surface area (Å²) in [6.45, 7) is 0. The molecule has 0 aromatic carbocycles. The molecule has 0 heterocycles. The number of hydrogen-bond donors (Lipinski definition) is 0. The fourth-order valence-electron chi connectivity index (χ4n) is 0. The first kappa shape index (κ1) is 42.0. The van der Waals surface area contributed by atoms with Gasteiger partial charge in [-0.3, -0.25) is 0 Å². The molecule has 0 bridgehead atoms. The topological polar surface area (TPSA) is 0 Å². The van der Waals surface area contributed by atoms with Crippen molar-refractivity contribution >= 4 is 40.5 Å². The zero-order valence-electron chi connectivity index (χ0n) is 1.72. The second-order valence-corrected chi connectivity index (χ2v) is 0. The molecule has 0 aliphatic heterocycles. The van der Waals surface area contributed by atoms with E-state index >= 15 is 0 Å². The van der Waals surface area contributed by atoms with Crippen LogP contribution in [-0.2, 0) is 62.2 Å². The Morgan fingerprint density at radius 2 is 0.500 bits per heavy atom. The normalized spacial score (nSPS) is 0. The Bertz CT molecular complexity index is 3.25. The fraction of sp³-hybridized carbons (Fsp3) is 0.